The third kappa shape index (κ3) is 4.43. The Hall–Kier alpha value is -3.59. The summed E-state index contributed by atoms with van der Waals surface area (Å²) in [4.78, 5) is 18.9. The molecule has 0 radical (unpaired) electrons. The maximum atomic E-state index is 15.3. The van der Waals surface area contributed by atoms with Crippen molar-refractivity contribution in [3.63, 3.8) is 0 Å². The van der Waals surface area contributed by atoms with E-state index in [-0.39, 0.29) is 17.8 Å². The molecule has 1 saturated heterocycles. The maximum Gasteiger partial charge on any atom is 0.234 e. The van der Waals surface area contributed by atoms with E-state index in [2.05, 4.69) is 34.3 Å². The van der Waals surface area contributed by atoms with Crippen LogP contribution < -0.4 is 5.32 Å². The van der Waals surface area contributed by atoms with Crippen molar-refractivity contribution in [2.45, 2.75) is 26.3 Å². The number of nitrogens with zero attached hydrogens (tertiary/aromatic N) is 6. The molecule has 1 aliphatic heterocycles. The van der Waals surface area contributed by atoms with Crippen molar-refractivity contribution in [3.05, 3.63) is 60.4 Å². The molecule has 34 heavy (non-hydrogen) atoms. The van der Waals surface area contributed by atoms with E-state index in [1.807, 2.05) is 37.6 Å². The van der Waals surface area contributed by atoms with E-state index < -0.39 is 0 Å². The van der Waals surface area contributed by atoms with Crippen LogP contribution in [0.15, 0.2) is 49.1 Å². The summed E-state index contributed by atoms with van der Waals surface area (Å²) in [6.07, 6.45) is 7.72. The Labute approximate surface area is 197 Å². The van der Waals surface area contributed by atoms with Crippen LogP contribution in [-0.2, 0) is 18.3 Å². The molecule has 1 amide bonds. The molecular weight excluding hydrogens is 433 g/mol. The van der Waals surface area contributed by atoms with E-state index in [1.165, 1.54) is 0 Å². The minimum atomic E-state index is -0.273. The lowest BCUT2D eigenvalue weighted by molar-refractivity contribution is -0.125. The molecule has 0 aliphatic carbocycles. The summed E-state index contributed by atoms with van der Waals surface area (Å²) in [5, 5.41) is 11.5. The molecular formula is C25H28FN7O. The van der Waals surface area contributed by atoms with Crippen molar-refractivity contribution in [2.75, 3.05) is 19.6 Å². The maximum absolute atomic E-state index is 15.3. The van der Waals surface area contributed by atoms with Crippen LogP contribution in [0.1, 0.15) is 19.4 Å². The van der Waals surface area contributed by atoms with Crippen LogP contribution >= 0.6 is 0 Å². The molecule has 8 nitrogen and oxygen atoms in total. The number of amides is 1. The first-order valence-electron chi connectivity index (χ1n) is 11.5. The van der Waals surface area contributed by atoms with Gasteiger partial charge in [0.25, 0.3) is 0 Å². The molecule has 1 aliphatic rings. The lowest BCUT2D eigenvalue weighted by Crippen LogP contribution is -2.55. The average Bonchev–Trinajstić information content (AvgIpc) is 3.44. The molecule has 1 unspecified atom stereocenters. The smallest absolute Gasteiger partial charge is 0.234 e. The highest BCUT2D eigenvalue weighted by Gasteiger charge is 2.28. The molecule has 1 N–H and O–H groups in total. The molecule has 9 heteroatoms. The number of halogens is 1. The highest BCUT2D eigenvalue weighted by atomic mass is 19.1. The van der Waals surface area contributed by atoms with Gasteiger partial charge in [-0.25, -0.2) is 13.9 Å². The predicted octanol–water partition coefficient (Wildman–Crippen LogP) is 2.93. The van der Waals surface area contributed by atoms with Crippen molar-refractivity contribution >= 4 is 11.4 Å². The molecule has 5 rings (SSSR count). The number of piperazine rings is 1. The van der Waals surface area contributed by atoms with E-state index in [0.29, 0.717) is 47.9 Å². The monoisotopic (exact) mass is 461 g/mol. The quantitative estimate of drug-likeness (QED) is 0.478. The number of carbonyl (C=O) groups excluding carboxylic acids is 1. The molecule has 0 spiro atoms. The first-order valence-corrected chi connectivity index (χ1v) is 11.5. The Morgan fingerprint density at radius 3 is 2.76 bits per heavy atom. The lowest BCUT2D eigenvalue weighted by atomic mass is 9.99. The first kappa shape index (κ1) is 22.2. The number of rotatable bonds is 6. The van der Waals surface area contributed by atoms with Gasteiger partial charge in [-0.1, -0.05) is 26.0 Å². The van der Waals surface area contributed by atoms with Crippen LogP contribution in [0.25, 0.3) is 28.0 Å². The van der Waals surface area contributed by atoms with Crippen molar-refractivity contribution in [3.8, 4) is 22.5 Å². The number of benzene rings is 1. The van der Waals surface area contributed by atoms with Gasteiger partial charge in [0.15, 0.2) is 0 Å². The molecule has 4 heterocycles. The summed E-state index contributed by atoms with van der Waals surface area (Å²) in [6, 6.07) is 7.23. The van der Waals surface area contributed by atoms with Crippen molar-refractivity contribution in [1.29, 1.82) is 0 Å². The van der Waals surface area contributed by atoms with E-state index in [4.69, 9.17) is 4.98 Å². The highest BCUT2D eigenvalue weighted by Crippen LogP contribution is 2.28. The van der Waals surface area contributed by atoms with Crippen LogP contribution in [0.5, 0.6) is 0 Å². The third-order valence-corrected chi connectivity index (χ3v) is 6.17. The van der Waals surface area contributed by atoms with Gasteiger partial charge in [-0.2, -0.15) is 10.2 Å². The normalized spacial score (nSPS) is 17.0. The molecule has 1 fully saturated rings. The zero-order valence-corrected chi connectivity index (χ0v) is 19.6. The van der Waals surface area contributed by atoms with Crippen LogP contribution in [-0.4, -0.2) is 60.9 Å². The van der Waals surface area contributed by atoms with Gasteiger partial charge < -0.3 is 5.32 Å². The Kier molecular flexibility index (Phi) is 5.87. The number of hydrogen-bond donors (Lipinski definition) is 1. The van der Waals surface area contributed by atoms with E-state index in [0.717, 1.165) is 17.6 Å². The first-order chi connectivity index (χ1) is 16.4. The van der Waals surface area contributed by atoms with Crippen molar-refractivity contribution in [1.82, 2.24) is 34.6 Å². The van der Waals surface area contributed by atoms with Gasteiger partial charge >= 0.3 is 0 Å². The number of carbonyl (C=O) groups is 1. The SMILES string of the molecule is CC(C)CN1CC(=O)NCC1Cc1ccc(-c2nc(-c3cnn(C)c3)cn3nccc23)cc1F. The van der Waals surface area contributed by atoms with Gasteiger partial charge in [-0.05, 0) is 30.0 Å². The van der Waals surface area contributed by atoms with Crippen molar-refractivity contribution < 1.29 is 9.18 Å². The lowest BCUT2D eigenvalue weighted by Gasteiger charge is -2.36. The highest BCUT2D eigenvalue weighted by molar-refractivity contribution is 5.79. The number of aromatic nitrogens is 5. The Bertz CT molecular complexity index is 1340. The average molecular weight is 462 g/mol. The van der Waals surface area contributed by atoms with Gasteiger partial charge in [0.2, 0.25) is 5.91 Å². The summed E-state index contributed by atoms with van der Waals surface area (Å²) in [7, 11) is 1.85. The largest absolute Gasteiger partial charge is 0.353 e. The molecule has 0 saturated carbocycles. The second kappa shape index (κ2) is 8.98. The summed E-state index contributed by atoms with van der Waals surface area (Å²) in [6.45, 7) is 5.94. The molecule has 1 atom stereocenters. The van der Waals surface area contributed by atoms with Gasteiger partial charge in [0.05, 0.1) is 42.0 Å². The number of aryl methyl sites for hydroxylation is 1. The standard InChI is InChI=1S/C25H28FN7O/c1-16(2)12-32-15-24(34)27-11-20(32)8-17-4-5-18(9-21(17)26)25-23-6-7-28-33(23)14-22(30-25)19-10-29-31(3)13-19/h4-7,9-10,13-14,16,20H,8,11-12,15H2,1-3H3,(H,27,34). The summed E-state index contributed by atoms with van der Waals surface area (Å²) in [5.74, 6) is 0.180. The van der Waals surface area contributed by atoms with Crippen LogP contribution in [0.4, 0.5) is 4.39 Å². The summed E-state index contributed by atoms with van der Waals surface area (Å²) in [5.41, 5.74) is 4.36. The van der Waals surface area contributed by atoms with Gasteiger partial charge in [0, 0.05) is 43.5 Å². The summed E-state index contributed by atoms with van der Waals surface area (Å²) >= 11 is 0. The number of hydrogen-bond acceptors (Lipinski definition) is 5. The van der Waals surface area contributed by atoms with Crippen molar-refractivity contribution in [2.24, 2.45) is 13.0 Å². The van der Waals surface area contributed by atoms with E-state index in [9.17, 15) is 4.79 Å². The zero-order valence-electron chi connectivity index (χ0n) is 19.6. The number of fused-ring (bicyclic) bond motifs is 1. The topological polar surface area (TPSA) is 80.4 Å². The van der Waals surface area contributed by atoms with Crippen LogP contribution in [0.3, 0.4) is 0 Å². The third-order valence-electron chi connectivity index (χ3n) is 6.17. The predicted molar refractivity (Wildman–Crippen MR) is 127 cm³/mol. The Balaban J connectivity index is 1.46. The Morgan fingerprint density at radius 1 is 1.18 bits per heavy atom. The molecule has 176 valence electrons. The van der Waals surface area contributed by atoms with Gasteiger partial charge in [0.1, 0.15) is 5.82 Å². The minimum absolute atomic E-state index is 0.0251. The fraction of sp³-hybridized carbons (Fsp3) is 0.360. The van der Waals surface area contributed by atoms with Crippen LogP contribution in [0, 0.1) is 11.7 Å². The minimum Gasteiger partial charge on any atom is -0.353 e. The molecule has 0 bridgehead atoms. The van der Waals surface area contributed by atoms with Gasteiger partial charge in [-0.3, -0.25) is 14.4 Å². The van der Waals surface area contributed by atoms with E-state index >= 15 is 4.39 Å². The molecule has 1 aromatic carbocycles. The fourth-order valence-electron chi connectivity index (χ4n) is 4.56. The van der Waals surface area contributed by atoms with Crippen LogP contribution in [0.2, 0.25) is 0 Å². The summed E-state index contributed by atoms with van der Waals surface area (Å²) < 4.78 is 18.8. The fourth-order valence-corrected chi connectivity index (χ4v) is 4.56. The van der Waals surface area contributed by atoms with E-state index in [1.54, 1.807) is 27.7 Å². The van der Waals surface area contributed by atoms with Gasteiger partial charge in [-0.15, -0.1) is 0 Å². The Morgan fingerprint density at radius 2 is 2.03 bits per heavy atom. The molecule has 3 aromatic heterocycles. The second-order valence-electron chi connectivity index (χ2n) is 9.33. The zero-order chi connectivity index (χ0) is 23.8. The number of nitrogens with one attached hydrogen (secondary N) is 1. The molecule has 4 aromatic rings. The second-order valence-corrected chi connectivity index (χ2v) is 9.33.